The highest BCUT2D eigenvalue weighted by Gasteiger charge is 1.90. The van der Waals surface area contributed by atoms with Gasteiger partial charge in [-0.25, -0.2) is 0 Å². The van der Waals surface area contributed by atoms with E-state index in [2.05, 4.69) is 19.1 Å². The van der Waals surface area contributed by atoms with Gasteiger partial charge in [-0.3, -0.25) is 0 Å². The highest BCUT2D eigenvalue weighted by molar-refractivity contribution is 5.19. The van der Waals surface area contributed by atoms with E-state index in [1.54, 1.807) is 0 Å². The minimum Gasteiger partial charge on any atom is -0.193 e. The molecule has 0 atom stereocenters. The van der Waals surface area contributed by atoms with Gasteiger partial charge in [0.05, 0.1) is 6.07 Å². The van der Waals surface area contributed by atoms with Gasteiger partial charge in [0, 0.05) is 5.57 Å². The molecule has 0 bridgehead atoms. The van der Waals surface area contributed by atoms with Crippen LogP contribution in [0.5, 0.6) is 0 Å². The maximum absolute atomic E-state index is 8.61. The molecule has 0 fully saturated rings. The van der Waals surface area contributed by atoms with Crippen LogP contribution in [0.2, 0.25) is 0 Å². The lowest BCUT2D eigenvalue weighted by Gasteiger charge is -1.95. The molecule has 0 aliphatic rings. The van der Waals surface area contributed by atoms with Crippen molar-refractivity contribution in [2.75, 3.05) is 0 Å². The van der Waals surface area contributed by atoms with Crippen LogP contribution in [0.1, 0.15) is 52.4 Å². The van der Waals surface area contributed by atoms with E-state index in [0.717, 1.165) is 18.4 Å². The molecule has 0 spiro atoms. The van der Waals surface area contributed by atoms with E-state index >= 15 is 0 Å². The molecule has 0 aromatic carbocycles. The summed E-state index contributed by atoms with van der Waals surface area (Å²) in [6.07, 6.45) is 9.18. The van der Waals surface area contributed by atoms with Crippen LogP contribution in [0.25, 0.3) is 0 Å². The van der Waals surface area contributed by atoms with E-state index in [4.69, 9.17) is 5.26 Å². The van der Waals surface area contributed by atoms with Crippen molar-refractivity contribution in [1.82, 2.24) is 0 Å². The predicted molar refractivity (Wildman–Crippen MR) is 52.7 cm³/mol. The second kappa shape index (κ2) is 8.33. The first-order chi connectivity index (χ1) is 5.85. The summed E-state index contributed by atoms with van der Waals surface area (Å²) >= 11 is 0. The van der Waals surface area contributed by atoms with Gasteiger partial charge in [0.2, 0.25) is 0 Å². The van der Waals surface area contributed by atoms with Crippen molar-refractivity contribution in [2.24, 2.45) is 0 Å². The van der Waals surface area contributed by atoms with E-state index in [1.165, 1.54) is 25.7 Å². The summed E-state index contributed by atoms with van der Waals surface area (Å²) in [5, 5.41) is 8.61. The fraction of sp³-hybridized carbons (Fsp3) is 0.727. The van der Waals surface area contributed by atoms with Crippen molar-refractivity contribution in [3.05, 3.63) is 11.6 Å². The zero-order chi connectivity index (χ0) is 9.23. The molecule has 0 heterocycles. The van der Waals surface area contributed by atoms with Crippen LogP contribution in [0.15, 0.2) is 11.6 Å². The van der Waals surface area contributed by atoms with Gasteiger partial charge >= 0.3 is 0 Å². The molecule has 0 amide bonds. The molecule has 0 aromatic heterocycles. The van der Waals surface area contributed by atoms with E-state index in [9.17, 15) is 0 Å². The fourth-order valence-corrected chi connectivity index (χ4v) is 1.12. The van der Waals surface area contributed by atoms with Gasteiger partial charge in [0.25, 0.3) is 0 Å². The van der Waals surface area contributed by atoms with E-state index < -0.39 is 0 Å². The molecule has 1 nitrogen and oxygen atoms in total. The Bertz CT molecular complexity index is 162. The first-order valence-corrected chi connectivity index (χ1v) is 4.94. The fourth-order valence-electron chi connectivity index (χ4n) is 1.12. The molecular weight excluding hydrogens is 146 g/mol. The van der Waals surface area contributed by atoms with Crippen molar-refractivity contribution < 1.29 is 0 Å². The van der Waals surface area contributed by atoms with Gasteiger partial charge in [0.15, 0.2) is 0 Å². The molecule has 0 saturated carbocycles. The van der Waals surface area contributed by atoms with Gasteiger partial charge in [-0.1, -0.05) is 39.2 Å². The van der Waals surface area contributed by atoms with Gasteiger partial charge in [-0.05, 0) is 19.3 Å². The quantitative estimate of drug-likeness (QED) is 0.433. The summed E-state index contributed by atoms with van der Waals surface area (Å²) in [7, 11) is 0. The lowest BCUT2D eigenvalue weighted by Crippen LogP contribution is -1.78. The Hall–Kier alpha value is -0.770. The SMILES string of the molecule is CCCCCCC=C(C#N)CC. The second-order valence-corrected chi connectivity index (χ2v) is 3.04. The Morgan fingerprint density at radius 2 is 2.00 bits per heavy atom. The average Bonchev–Trinajstić information content (AvgIpc) is 2.11. The third-order valence-electron chi connectivity index (χ3n) is 1.97. The molecule has 0 saturated heterocycles. The van der Waals surface area contributed by atoms with Gasteiger partial charge < -0.3 is 0 Å². The first-order valence-electron chi connectivity index (χ1n) is 4.94. The van der Waals surface area contributed by atoms with E-state index in [-0.39, 0.29) is 0 Å². The largest absolute Gasteiger partial charge is 0.193 e. The molecule has 0 radical (unpaired) electrons. The summed E-state index contributed by atoms with van der Waals surface area (Å²) < 4.78 is 0. The number of unbranched alkanes of at least 4 members (excludes halogenated alkanes) is 4. The predicted octanol–water partition coefficient (Wildman–Crippen LogP) is 3.82. The van der Waals surface area contributed by atoms with Crippen LogP contribution in [-0.4, -0.2) is 0 Å². The summed E-state index contributed by atoms with van der Waals surface area (Å²) in [6, 6.07) is 2.20. The van der Waals surface area contributed by atoms with Crippen molar-refractivity contribution in [3.63, 3.8) is 0 Å². The highest BCUT2D eigenvalue weighted by atomic mass is 14.2. The molecule has 1 heteroatoms. The Balaban J connectivity index is 3.40. The van der Waals surface area contributed by atoms with E-state index in [0.29, 0.717) is 0 Å². The third-order valence-corrected chi connectivity index (χ3v) is 1.97. The van der Waals surface area contributed by atoms with Crippen molar-refractivity contribution in [2.45, 2.75) is 52.4 Å². The Kier molecular flexibility index (Phi) is 7.79. The summed E-state index contributed by atoms with van der Waals surface area (Å²) in [4.78, 5) is 0. The van der Waals surface area contributed by atoms with Crippen LogP contribution in [0.3, 0.4) is 0 Å². The molecule has 68 valence electrons. The maximum atomic E-state index is 8.61. The topological polar surface area (TPSA) is 23.8 Å². The van der Waals surface area contributed by atoms with Crippen LogP contribution in [-0.2, 0) is 0 Å². The summed E-state index contributed by atoms with van der Waals surface area (Å²) in [5.41, 5.74) is 0.937. The number of allylic oxidation sites excluding steroid dienone is 2. The second-order valence-electron chi connectivity index (χ2n) is 3.04. The van der Waals surface area contributed by atoms with Crippen LogP contribution >= 0.6 is 0 Å². The Labute approximate surface area is 76.1 Å². The molecule has 0 rings (SSSR count). The van der Waals surface area contributed by atoms with Gasteiger partial charge in [0.1, 0.15) is 0 Å². The zero-order valence-electron chi connectivity index (χ0n) is 8.27. The molecular formula is C11H19N. The van der Waals surface area contributed by atoms with Crippen molar-refractivity contribution in [3.8, 4) is 6.07 Å². The molecule has 0 N–H and O–H groups in total. The van der Waals surface area contributed by atoms with Crippen LogP contribution in [0, 0.1) is 11.3 Å². The number of rotatable bonds is 6. The van der Waals surface area contributed by atoms with Gasteiger partial charge in [-0.2, -0.15) is 5.26 Å². The summed E-state index contributed by atoms with van der Waals surface area (Å²) in [5.74, 6) is 0. The number of nitrogens with zero attached hydrogens (tertiary/aromatic N) is 1. The van der Waals surface area contributed by atoms with E-state index in [1.807, 2.05) is 6.92 Å². The lowest BCUT2D eigenvalue weighted by molar-refractivity contribution is 0.673. The normalized spacial score (nSPS) is 11.2. The maximum Gasteiger partial charge on any atom is 0.0943 e. The Morgan fingerprint density at radius 1 is 1.25 bits per heavy atom. The molecule has 0 aliphatic carbocycles. The standard InChI is InChI=1S/C11H19N/c1-3-5-6-7-8-9-11(4-2)10-12/h9H,3-8H2,1-2H3. The number of nitriles is 1. The molecule has 0 aliphatic heterocycles. The minimum atomic E-state index is 0.879. The van der Waals surface area contributed by atoms with Crippen molar-refractivity contribution >= 4 is 0 Å². The number of hydrogen-bond donors (Lipinski definition) is 0. The van der Waals surface area contributed by atoms with Crippen molar-refractivity contribution in [1.29, 1.82) is 5.26 Å². The molecule has 12 heavy (non-hydrogen) atoms. The molecule has 0 unspecified atom stereocenters. The smallest absolute Gasteiger partial charge is 0.0943 e. The Morgan fingerprint density at radius 3 is 2.50 bits per heavy atom. The zero-order valence-corrected chi connectivity index (χ0v) is 8.27. The third kappa shape index (κ3) is 5.97. The van der Waals surface area contributed by atoms with Gasteiger partial charge in [-0.15, -0.1) is 0 Å². The lowest BCUT2D eigenvalue weighted by atomic mass is 10.1. The minimum absolute atomic E-state index is 0.879. The highest BCUT2D eigenvalue weighted by Crippen LogP contribution is 2.06. The average molecular weight is 165 g/mol. The van der Waals surface area contributed by atoms with Crippen LogP contribution < -0.4 is 0 Å². The number of hydrogen-bond acceptors (Lipinski definition) is 1. The summed E-state index contributed by atoms with van der Waals surface area (Å²) in [6.45, 7) is 4.24. The first kappa shape index (κ1) is 11.2. The molecule has 0 aromatic rings. The van der Waals surface area contributed by atoms with Crippen LogP contribution in [0.4, 0.5) is 0 Å². The monoisotopic (exact) mass is 165 g/mol.